The summed E-state index contributed by atoms with van der Waals surface area (Å²) >= 11 is 0. The lowest BCUT2D eigenvalue weighted by atomic mass is 9.80. The van der Waals surface area contributed by atoms with Crippen LogP contribution in [0, 0.1) is 11.8 Å². The van der Waals surface area contributed by atoms with Gasteiger partial charge in [0, 0.05) is 12.1 Å². The molecule has 0 saturated heterocycles. The average Bonchev–Trinajstić information content (AvgIpc) is 2.32. The zero-order valence-corrected chi connectivity index (χ0v) is 12.5. The first-order chi connectivity index (χ1) is 8.55. The van der Waals surface area contributed by atoms with Gasteiger partial charge >= 0.3 is 0 Å². The quantitative estimate of drug-likeness (QED) is 0.765. The molecule has 18 heavy (non-hydrogen) atoms. The SMILES string of the molecule is CCC(CC)NC(=O)CNC1CC(C)CC(C)C1. The summed E-state index contributed by atoms with van der Waals surface area (Å²) in [6, 6.07) is 0.861. The lowest BCUT2D eigenvalue weighted by Gasteiger charge is -2.32. The van der Waals surface area contributed by atoms with Crippen molar-refractivity contribution < 1.29 is 4.79 Å². The number of hydrogen-bond donors (Lipinski definition) is 2. The van der Waals surface area contributed by atoms with E-state index in [1.165, 1.54) is 19.3 Å². The summed E-state index contributed by atoms with van der Waals surface area (Å²) in [5.74, 6) is 1.72. The Morgan fingerprint density at radius 2 is 1.67 bits per heavy atom. The minimum Gasteiger partial charge on any atom is -0.352 e. The molecule has 2 N–H and O–H groups in total. The molecule has 0 aliphatic heterocycles. The molecule has 2 atom stereocenters. The highest BCUT2D eigenvalue weighted by atomic mass is 16.1. The normalized spacial score (nSPS) is 28.4. The molecule has 0 aromatic rings. The second-order valence-corrected chi connectivity index (χ2v) is 6.08. The van der Waals surface area contributed by atoms with Crippen LogP contribution in [0.4, 0.5) is 0 Å². The molecule has 0 aromatic heterocycles. The van der Waals surface area contributed by atoms with Crippen LogP contribution >= 0.6 is 0 Å². The molecule has 0 radical (unpaired) electrons. The van der Waals surface area contributed by atoms with Crippen molar-refractivity contribution in [2.45, 2.75) is 71.9 Å². The Labute approximate surface area is 112 Å². The summed E-state index contributed by atoms with van der Waals surface area (Å²) < 4.78 is 0. The third-order valence-corrected chi connectivity index (χ3v) is 4.08. The number of carbonyl (C=O) groups is 1. The van der Waals surface area contributed by atoms with Gasteiger partial charge in [-0.25, -0.2) is 0 Å². The summed E-state index contributed by atoms with van der Waals surface area (Å²) in [4.78, 5) is 11.8. The highest BCUT2D eigenvalue weighted by Gasteiger charge is 2.23. The van der Waals surface area contributed by atoms with Crippen molar-refractivity contribution in [2.24, 2.45) is 11.8 Å². The van der Waals surface area contributed by atoms with E-state index in [0.717, 1.165) is 24.7 Å². The molecule has 1 rings (SSSR count). The number of carbonyl (C=O) groups excluding carboxylic acids is 1. The van der Waals surface area contributed by atoms with Gasteiger partial charge in [-0.3, -0.25) is 4.79 Å². The van der Waals surface area contributed by atoms with Crippen LogP contribution in [0.2, 0.25) is 0 Å². The van der Waals surface area contributed by atoms with E-state index in [2.05, 4.69) is 38.3 Å². The molecule has 1 saturated carbocycles. The molecule has 106 valence electrons. The van der Waals surface area contributed by atoms with Crippen molar-refractivity contribution in [1.82, 2.24) is 10.6 Å². The molecule has 3 nitrogen and oxygen atoms in total. The standard InChI is InChI=1S/C15H30N2O/c1-5-13(6-2)17-15(18)10-16-14-8-11(3)7-12(4)9-14/h11-14,16H,5-10H2,1-4H3,(H,17,18). The number of nitrogens with one attached hydrogen (secondary N) is 2. The third kappa shape index (κ3) is 5.38. The minimum absolute atomic E-state index is 0.148. The van der Waals surface area contributed by atoms with Crippen molar-refractivity contribution >= 4 is 5.91 Å². The van der Waals surface area contributed by atoms with Gasteiger partial charge in [0.05, 0.1) is 6.54 Å². The molecule has 1 aliphatic rings. The van der Waals surface area contributed by atoms with Crippen molar-refractivity contribution in [1.29, 1.82) is 0 Å². The van der Waals surface area contributed by atoms with Gasteiger partial charge < -0.3 is 10.6 Å². The van der Waals surface area contributed by atoms with Gasteiger partial charge in [-0.2, -0.15) is 0 Å². The maximum Gasteiger partial charge on any atom is 0.234 e. The van der Waals surface area contributed by atoms with E-state index >= 15 is 0 Å². The monoisotopic (exact) mass is 254 g/mol. The molecule has 2 unspecified atom stereocenters. The number of rotatable bonds is 6. The van der Waals surface area contributed by atoms with E-state index in [4.69, 9.17) is 0 Å². The molecule has 0 bridgehead atoms. The lowest BCUT2D eigenvalue weighted by molar-refractivity contribution is -0.121. The zero-order chi connectivity index (χ0) is 13.5. The molecule has 1 fully saturated rings. The van der Waals surface area contributed by atoms with Gasteiger partial charge in [0.15, 0.2) is 0 Å². The van der Waals surface area contributed by atoms with Crippen molar-refractivity contribution in [3.8, 4) is 0 Å². The fraction of sp³-hybridized carbons (Fsp3) is 0.933. The predicted octanol–water partition coefficient (Wildman–Crippen LogP) is 2.71. The largest absolute Gasteiger partial charge is 0.352 e. The maximum atomic E-state index is 11.8. The second kappa shape index (κ2) is 7.78. The van der Waals surface area contributed by atoms with Crippen LogP contribution < -0.4 is 10.6 Å². The number of hydrogen-bond acceptors (Lipinski definition) is 2. The highest BCUT2D eigenvalue weighted by Crippen LogP contribution is 2.28. The lowest BCUT2D eigenvalue weighted by Crippen LogP contribution is -2.44. The van der Waals surface area contributed by atoms with Crippen molar-refractivity contribution in [3.05, 3.63) is 0 Å². The van der Waals surface area contributed by atoms with Gasteiger partial charge in [0.1, 0.15) is 0 Å². The van der Waals surface area contributed by atoms with Crippen LogP contribution in [0.25, 0.3) is 0 Å². The molecule has 1 amide bonds. The van der Waals surface area contributed by atoms with Gasteiger partial charge in [-0.1, -0.05) is 27.7 Å². The fourth-order valence-electron chi connectivity index (χ4n) is 3.12. The van der Waals surface area contributed by atoms with Crippen LogP contribution in [0.1, 0.15) is 59.8 Å². The van der Waals surface area contributed by atoms with E-state index < -0.39 is 0 Å². The minimum atomic E-state index is 0.148. The average molecular weight is 254 g/mol. The third-order valence-electron chi connectivity index (χ3n) is 4.08. The van der Waals surface area contributed by atoms with E-state index in [0.29, 0.717) is 18.6 Å². The fourth-order valence-corrected chi connectivity index (χ4v) is 3.12. The molecule has 1 aliphatic carbocycles. The first-order valence-corrected chi connectivity index (χ1v) is 7.57. The van der Waals surface area contributed by atoms with E-state index in [1.807, 2.05) is 0 Å². The van der Waals surface area contributed by atoms with Crippen molar-refractivity contribution in [2.75, 3.05) is 6.54 Å². The Bertz CT molecular complexity index is 241. The van der Waals surface area contributed by atoms with Crippen LogP contribution in [-0.2, 0) is 4.79 Å². The zero-order valence-electron chi connectivity index (χ0n) is 12.5. The highest BCUT2D eigenvalue weighted by molar-refractivity contribution is 5.78. The summed E-state index contributed by atoms with van der Waals surface area (Å²) in [5.41, 5.74) is 0. The Morgan fingerprint density at radius 3 is 2.17 bits per heavy atom. The van der Waals surface area contributed by atoms with Crippen LogP contribution in [0.15, 0.2) is 0 Å². The van der Waals surface area contributed by atoms with Crippen LogP contribution in [0.5, 0.6) is 0 Å². The van der Waals surface area contributed by atoms with Gasteiger partial charge in [0.25, 0.3) is 0 Å². The van der Waals surface area contributed by atoms with E-state index in [-0.39, 0.29) is 5.91 Å². The summed E-state index contributed by atoms with van der Waals surface area (Å²) in [7, 11) is 0. The van der Waals surface area contributed by atoms with Crippen molar-refractivity contribution in [3.63, 3.8) is 0 Å². The Hall–Kier alpha value is -0.570. The van der Waals surface area contributed by atoms with Gasteiger partial charge in [-0.15, -0.1) is 0 Å². The topological polar surface area (TPSA) is 41.1 Å². The maximum absolute atomic E-state index is 11.8. The van der Waals surface area contributed by atoms with Crippen LogP contribution in [0.3, 0.4) is 0 Å². The van der Waals surface area contributed by atoms with E-state index in [1.54, 1.807) is 0 Å². The smallest absolute Gasteiger partial charge is 0.234 e. The number of amides is 1. The molecule has 0 spiro atoms. The summed E-state index contributed by atoms with van der Waals surface area (Å²) in [6.45, 7) is 9.34. The molecule has 0 heterocycles. The molecular formula is C15H30N2O. The Balaban J connectivity index is 2.25. The Morgan fingerprint density at radius 1 is 1.11 bits per heavy atom. The summed E-state index contributed by atoms with van der Waals surface area (Å²) in [5, 5.41) is 6.50. The molecule has 0 aromatic carbocycles. The first kappa shape index (κ1) is 15.5. The molecular weight excluding hydrogens is 224 g/mol. The van der Waals surface area contributed by atoms with Gasteiger partial charge in [-0.05, 0) is 43.9 Å². The van der Waals surface area contributed by atoms with E-state index in [9.17, 15) is 4.79 Å². The predicted molar refractivity (Wildman–Crippen MR) is 76.5 cm³/mol. The summed E-state index contributed by atoms with van der Waals surface area (Å²) in [6.07, 6.45) is 5.78. The van der Waals surface area contributed by atoms with Crippen LogP contribution in [-0.4, -0.2) is 24.5 Å². The Kier molecular flexibility index (Phi) is 6.69. The molecule has 3 heteroatoms. The van der Waals surface area contributed by atoms with Gasteiger partial charge in [0.2, 0.25) is 5.91 Å². The second-order valence-electron chi connectivity index (χ2n) is 6.08. The first-order valence-electron chi connectivity index (χ1n) is 7.57.